The van der Waals surface area contributed by atoms with Crippen LogP contribution in [0.3, 0.4) is 0 Å². The quantitative estimate of drug-likeness (QED) is 0.760. The van der Waals surface area contributed by atoms with Gasteiger partial charge in [-0.25, -0.2) is 0 Å². The molecule has 0 aliphatic heterocycles. The molecule has 3 aliphatic carbocycles. The Labute approximate surface area is 104 Å². The van der Waals surface area contributed by atoms with Gasteiger partial charge in [-0.15, -0.1) is 0 Å². The third-order valence-corrected chi connectivity index (χ3v) is 6.10. The van der Waals surface area contributed by atoms with E-state index in [1.54, 1.807) is 13.8 Å². The highest BCUT2D eigenvalue weighted by Crippen LogP contribution is 2.75. The largest absolute Gasteiger partial charge is 0.390 e. The summed E-state index contributed by atoms with van der Waals surface area (Å²) in [6.07, 6.45) is 4.18. The van der Waals surface area contributed by atoms with Gasteiger partial charge in [-0.05, 0) is 55.8 Å². The molecular formula is C15H24O2. The zero-order valence-corrected chi connectivity index (χ0v) is 11.4. The minimum Gasteiger partial charge on any atom is -0.390 e. The highest BCUT2D eigenvalue weighted by Gasteiger charge is 2.69. The highest BCUT2D eigenvalue weighted by atomic mass is 16.3. The Morgan fingerprint density at radius 3 is 2.53 bits per heavy atom. The molecule has 96 valence electrons. The molecule has 5 atom stereocenters. The lowest BCUT2D eigenvalue weighted by atomic mass is 9.59. The lowest BCUT2D eigenvalue weighted by molar-refractivity contribution is -0.141. The van der Waals surface area contributed by atoms with Crippen LogP contribution in [0.1, 0.15) is 53.4 Å². The van der Waals surface area contributed by atoms with Crippen LogP contribution < -0.4 is 0 Å². The van der Waals surface area contributed by atoms with Crippen LogP contribution >= 0.6 is 0 Å². The molecular weight excluding hydrogens is 212 g/mol. The first-order valence-corrected chi connectivity index (χ1v) is 6.92. The number of carbonyl (C=O) groups excluding carboxylic acids is 1. The second kappa shape index (κ2) is 2.96. The summed E-state index contributed by atoms with van der Waals surface area (Å²) >= 11 is 0. The average Bonchev–Trinajstić information content (AvgIpc) is 2.67. The van der Waals surface area contributed by atoms with E-state index < -0.39 is 5.60 Å². The normalized spacial score (nSPS) is 53.2. The summed E-state index contributed by atoms with van der Waals surface area (Å²) in [6, 6.07) is 0. The molecule has 1 N–H and O–H groups in total. The summed E-state index contributed by atoms with van der Waals surface area (Å²) in [5, 5.41) is 10.2. The van der Waals surface area contributed by atoms with Gasteiger partial charge in [-0.3, -0.25) is 4.79 Å². The SMILES string of the molecule is CC(C)(O)[C@@H]1C[C@@H]2[C@@](C)(CC1=O)C[C@@H]1C[C@]12C. The molecule has 3 aliphatic rings. The molecule has 0 saturated heterocycles. The fourth-order valence-electron chi connectivity index (χ4n) is 5.03. The molecule has 17 heavy (non-hydrogen) atoms. The lowest BCUT2D eigenvalue weighted by Gasteiger charge is -2.46. The number of carbonyl (C=O) groups is 1. The molecule has 0 unspecified atom stereocenters. The third kappa shape index (κ3) is 1.46. The zero-order valence-electron chi connectivity index (χ0n) is 11.4. The van der Waals surface area contributed by atoms with Crippen molar-refractivity contribution in [1.82, 2.24) is 0 Å². The fourth-order valence-corrected chi connectivity index (χ4v) is 5.03. The Bertz CT molecular complexity index is 381. The van der Waals surface area contributed by atoms with Crippen molar-refractivity contribution in [3.8, 4) is 0 Å². The van der Waals surface area contributed by atoms with Gasteiger partial charge < -0.3 is 5.11 Å². The van der Waals surface area contributed by atoms with Gasteiger partial charge in [0.15, 0.2) is 0 Å². The topological polar surface area (TPSA) is 37.3 Å². The molecule has 2 nitrogen and oxygen atoms in total. The second-order valence-corrected chi connectivity index (χ2v) is 7.90. The Balaban J connectivity index is 1.90. The van der Waals surface area contributed by atoms with Crippen LogP contribution in [0.15, 0.2) is 0 Å². The maximum Gasteiger partial charge on any atom is 0.139 e. The van der Waals surface area contributed by atoms with Crippen LogP contribution in [0.4, 0.5) is 0 Å². The molecule has 0 radical (unpaired) electrons. The van der Waals surface area contributed by atoms with E-state index in [-0.39, 0.29) is 11.3 Å². The first-order chi connectivity index (χ1) is 7.67. The Hall–Kier alpha value is -0.370. The number of ketones is 1. The van der Waals surface area contributed by atoms with E-state index in [1.807, 2.05) is 0 Å². The predicted octanol–water partition coefficient (Wildman–Crippen LogP) is 2.79. The van der Waals surface area contributed by atoms with Gasteiger partial charge in [0.2, 0.25) is 0 Å². The maximum atomic E-state index is 12.3. The number of hydrogen-bond donors (Lipinski definition) is 1. The Kier molecular flexibility index (Phi) is 2.04. The summed E-state index contributed by atoms with van der Waals surface area (Å²) in [4.78, 5) is 12.3. The standard InChI is InChI=1S/C15H24O2/c1-13(2,17)10-5-12-14(3,8-11(10)16)6-9-7-15(9,12)4/h9-10,12,17H,5-8H2,1-4H3/t9-,10-,12-,14-,15-/m1/s1. The number of Topliss-reactive ketones (excluding diaryl/α,β-unsaturated/α-hetero) is 1. The van der Waals surface area contributed by atoms with Crippen molar-refractivity contribution in [2.24, 2.45) is 28.6 Å². The van der Waals surface area contributed by atoms with Crippen molar-refractivity contribution in [2.75, 3.05) is 0 Å². The molecule has 2 heteroatoms. The van der Waals surface area contributed by atoms with Crippen LogP contribution in [0.2, 0.25) is 0 Å². The fraction of sp³-hybridized carbons (Fsp3) is 0.933. The van der Waals surface area contributed by atoms with E-state index in [4.69, 9.17) is 0 Å². The van der Waals surface area contributed by atoms with Crippen LogP contribution in [0.5, 0.6) is 0 Å². The van der Waals surface area contributed by atoms with Gasteiger partial charge in [0.1, 0.15) is 5.78 Å². The molecule has 3 rings (SSSR count). The van der Waals surface area contributed by atoms with Crippen molar-refractivity contribution in [1.29, 1.82) is 0 Å². The van der Waals surface area contributed by atoms with Crippen LogP contribution in [0.25, 0.3) is 0 Å². The maximum absolute atomic E-state index is 12.3. The van der Waals surface area contributed by atoms with E-state index in [0.717, 1.165) is 12.3 Å². The lowest BCUT2D eigenvalue weighted by Crippen LogP contribution is -2.47. The first kappa shape index (κ1) is 11.7. The van der Waals surface area contributed by atoms with Crippen LogP contribution in [-0.2, 0) is 4.79 Å². The number of fused-ring (bicyclic) bond motifs is 3. The number of aliphatic hydroxyl groups is 1. The van der Waals surface area contributed by atoms with Crippen LogP contribution in [0, 0.1) is 28.6 Å². The van der Waals surface area contributed by atoms with Crippen LogP contribution in [-0.4, -0.2) is 16.5 Å². The third-order valence-electron chi connectivity index (χ3n) is 6.10. The van der Waals surface area contributed by atoms with E-state index in [1.165, 1.54) is 12.8 Å². The Morgan fingerprint density at radius 1 is 1.29 bits per heavy atom. The van der Waals surface area contributed by atoms with Gasteiger partial charge >= 0.3 is 0 Å². The molecule has 0 heterocycles. The molecule has 0 spiro atoms. The van der Waals surface area contributed by atoms with E-state index in [2.05, 4.69) is 13.8 Å². The number of hydrogen-bond acceptors (Lipinski definition) is 2. The molecule has 0 aromatic heterocycles. The summed E-state index contributed by atoms with van der Waals surface area (Å²) in [5.41, 5.74) is -0.128. The molecule has 0 amide bonds. The van der Waals surface area contributed by atoms with Gasteiger partial charge in [-0.2, -0.15) is 0 Å². The minimum absolute atomic E-state index is 0.142. The van der Waals surface area contributed by atoms with Gasteiger partial charge in [0.05, 0.1) is 5.60 Å². The van der Waals surface area contributed by atoms with Crippen molar-refractivity contribution >= 4 is 5.78 Å². The van der Waals surface area contributed by atoms with E-state index in [0.29, 0.717) is 23.5 Å². The first-order valence-electron chi connectivity index (χ1n) is 6.92. The van der Waals surface area contributed by atoms with E-state index in [9.17, 15) is 9.90 Å². The smallest absolute Gasteiger partial charge is 0.139 e. The number of rotatable bonds is 1. The monoisotopic (exact) mass is 236 g/mol. The van der Waals surface area contributed by atoms with E-state index >= 15 is 0 Å². The summed E-state index contributed by atoms with van der Waals surface area (Å²) < 4.78 is 0. The average molecular weight is 236 g/mol. The molecule has 0 bridgehead atoms. The summed E-state index contributed by atoms with van der Waals surface area (Å²) in [5.74, 6) is 1.65. The van der Waals surface area contributed by atoms with Crippen molar-refractivity contribution in [2.45, 2.75) is 59.0 Å². The molecule has 3 fully saturated rings. The van der Waals surface area contributed by atoms with Crippen molar-refractivity contribution in [3.05, 3.63) is 0 Å². The van der Waals surface area contributed by atoms with Gasteiger partial charge in [0.25, 0.3) is 0 Å². The summed E-state index contributed by atoms with van der Waals surface area (Å²) in [7, 11) is 0. The highest BCUT2D eigenvalue weighted by molar-refractivity contribution is 5.84. The molecule has 3 saturated carbocycles. The zero-order chi connectivity index (χ0) is 12.6. The van der Waals surface area contributed by atoms with Gasteiger partial charge in [-0.1, -0.05) is 13.8 Å². The van der Waals surface area contributed by atoms with Crippen molar-refractivity contribution in [3.63, 3.8) is 0 Å². The van der Waals surface area contributed by atoms with Gasteiger partial charge in [0, 0.05) is 12.3 Å². The second-order valence-electron chi connectivity index (χ2n) is 7.90. The minimum atomic E-state index is -0.845. The Morgan fingerprint density at radius 2 is 1.94 bits per heavy atom. The molecule has 0 aromatic carbocycles. The summed E-state index contributed by atoms with van der Waals surface area (Å²) in [6.45, 7) is 8.28. The van der Waals surface area contributed by atoms with Crippen molar-refractivity contribution < 1.29 is 9.90 Å². The molecule has 0 aromatic rings. The predicted molar refractivity (Wildman–Crippen MR) is 66.5 cm³/mol.